The zero-order valence-corrected chi connectivity index (χ0v) is 23.1. The van der Waals surface area contributed by atoms with Gasteiger partial charge >= 0.3 is 5.97 Å². The van der Waals surface area contributed by atoms with Gasteiger partial charge in [0, 0.05) is 44.4 Å². The Labute approximate surface area is 232 Å². The van der Waals surface area contributed by atoms with Crippen molar-refractivity contribution in [1.29, 1.82) is 0 Å². The highest BCUT2D eigenvalue weighted by atomic mass is 35.5. The molecule has 2 aliphatic rings. The van der Waals surface area contributed by atoms with E-state index >= 15 is 0 Å². The molecule has 3 aromatic carbocycles. The maximum Gasteiger partial charge on any atom is 0.336 e. The van der Waals surface area contributed by atoms with Crippen molar-refractivity contribution in [3.05, 3.63) is 94.0 Å². The van der Waals surface area contributed by atoms with Crippen LogP contribution in [0.5, 0.6) is 0 Å². The SMILES string of the molecule is CC1(C)C2CCC1(CSc1ccc(C(=O)c3ccc(NCc4ccc(Cl)cc4)cc3)cc1C(=O)O)C(O)C2. The minimum atomic E-state index is -1.06. The molecule has 0 aliphatic heterocycles. The van der Waals surface area contributed by atoms with E-state index in [-0.39, 0.29) is 28.3 Å². The fourth-order valence-corrected chi connectivity index (χ4v) is 7.98. The fourth-order valence-electron chi connectivity index (χ4n) is 6.26. The molecule has 7 heteroatoms. The third kappa shape index (κ3) is 4.86. The number of anilines is 1. The van der Waals surface area contributed by atoms with E-state index in [9.17, 15) is 19.8 Å². The highest BCUT2D eigenvalue weighted by molar-refractivity contribution is 7.99. The van der Waals surface area contributed by atoms with Gasteiger partial charge in [-0.25, -0.2) is 4.79 Å². The molecule has 3 aromatic rings. The van der Waals surface area contributed by atoms with Crippen molar-refractivity contribution >= 4 is 40.8 Å². The van der Waals surface area contributed by atoms with Crippen LogP contribution in [-0.4, -0.2) is 33.8 Å². The maximum absolute atomic E-state index is 13.2. The molecule has 0 spiro atoms. The van der Waals surface area contributed by atoms with Gasteiger partial charge in [-0.2, -0.15) is 0 Å². The number of fused-ring (bicyclic) bond motifs is 2. The van der Waals surface area contributed by atoms with Crippen LogP contribution >= 0.6 is 23.4 Å². The highest BCUT2D eigenvalue weighted by Crippen LogP contribution is 2.66. The van der Waals surface area contributed by atoms with Crippen LogP contribution in [0.1, 0.15) is 65.0 Å². The Morgan fingerprint density at radius 1 is 1.03 bits per heavy atom. The van der Waals surface area contributed by atoms with Gasteiger partial charge in [0.05, 0.1) is 11.7 Å². The van der Waals surface area contributed by atoms with Crippen molar-refractivity contribution < 1.29 is 19.8 Å². The van der Waals surface area contributed by atoms with Crippen molar-refractivity contribution in [2.24, 2.45) is 16.7 Å². The molecule has 3 unspecified atom stereocenters. The summed E-state index contributed by atoms with van der Waals surface area (Å²) in [5.74, 6) is -0.110. The topological polar surface area (TPSA) is 86.6 Å². The van der Waals surface area contributed by atoms with Crippen molar-refractivity contribution in [2.45, 2.75) is 50.7 Å². The number of aliphatic hydroxyl groups is 1. The number of hydrogen-bond acceptors (Lipinski definition) is 5. The van der Waals surface area contributed by atoms with Crippen molar-refractivity contribution in [3.63, 3.8) is 0 Å². The van der Waals surface area contributed by atoms with Gasteiger partial charge in [0.2, 0.25) is 0 Å². The molecule has 2 saturated carbocycles. The summed E-state index contributed by atoms with van der Waals surface area (Å²) >= 11 is 7.42. The molecule has 198 valence electrons. The molecule has 0 heterocycles. The van der Waals surface area contributed by atoms with Crippen LogP contribution in [0, 0.1) is 16.7 Å². The molecule has 3 N–H and O–H groups in total. The number of aromatic carboxylic acids is 1. The lowest BCUT2D eigenvalue weighted by molar-refractivity contribution is 0.0168. The molecular weight excluding hydrogens is 518 g/mol. The van der Waals surface area contributed by atoms with Gasteiger partial charge in [0.1, 0.15) is 0 Å². The number of carbonyl (C=O) groups is 2. The Balaban J connectivity index is 1.28. The number of nitrogens with one attached hydrogen (secondary N) is 1. The summed E-state index contributed by atoms with van der Waals surface area (Å²) < 4.78 is 0. The van der Waals surface area contributed by atoms with E-state index in [1.54, 1.807) is 24.3 Å². The predicted molar refractivity (Wildman–Crippen MR) is 152 cm³/mol. The molecule has 0 amide bonds. The van der Waals surface area contributed by atoms with Gasteiger partial charge in [-0.3, -0.25) is 4.79 Å². The monoisotopic (exact) mass is 549 g/mol. The molecule has 2 bridgehead atoms. The van der Waals surface area contributed by atoms with E-state index in [1.165, 1.54) is 17.8 Å². The first-order valence-electron chi connectivity index (χ1n) is 12.9. The van der Waals surface area contributed by atoms with Gasteiger partial charge in [0.15, 0.2) is 5.78 Å². The van der Waals surface area contributed by atoms with Gasteiger partial charge < -0.3 is 15.5 Å². The van der Waals surface area contributed by atoms with E-state index in [0.29, 0.717) is 39.3 Å². The Bertz CT molecular complexity index is 1360. The summed E-state index contributed by atoms with van der Waals surface area (Å²) in [5, 5.41) is 24.8. The summed E-state index contributed by atoms with van der Waals surface area (Å²) in [7, 11) is 0. The third-order valence-corrected chi connectivity index (χ3v) is 10.5. The summed E-state index contributed by atoms with van der Waals surface area (Å²) in [6.45, 7) is 5.10. The Hall–Kier alpha value is -2.80. The lowest BCUT2D eigenvalue weighted by Gasteiger charge is -2.40. The number of thioether (sulfide) groups is 1. The predicted octanol–water partition coefficient (Wildman–Crippen LogP) is 7.16. The number of aliphatic hydroxyl groups excluding tert-OH is 1. The third-order valence-electron chi connectivity index (χ3n) is 8.90. The number of carbonyl (C=O) groups excluding carboxylic acids is 1. The van der Waals surface area contributed by atoms with Crippen LogP contribution < -0.4 is 5.32 Å². The van der Waals surface area contributed by atoms with E-state index in [2.05, 4.69) is 19.2 Å². The number of rotatable bonds is 9. The maximum atomic E-state index is 13.2. The van der Waals surface area contributed by atoms with E-state index in [1.807, 2.05) is 36.4 Å². The van der Waals surface area contributed by atoms with Gasteiger partial charge in [-0.15, -0.1) is 11.8 Å². The van der Waals surface area contributed by atoms with Crippen LogP contribution in [-0.2, 0) is 6.54 Å². The summed E-state index contributed by atoms with van der Waals surface area (Å²) in [6, 6.07) is 19.7. The molecule has 0 aromatic heterocycles. The standard InChI is InChI=1S/C31H32ClNO4S/c1-30(2)22-13-14-31(30,27(34)16-22)18-38-26-12-7-21(15-25(26)29(36)37)28(35)20-5-10-24(11-6-20)33-17-19-3-8-23(32)9-4-19/h3-12,15,22,27,33-34H,13-14,16-18H2,1-2H3,(H,36,37). The van der Waals surface area contributed by atoms with E-state index in [0.717, 1.165) is 30.5 Å². The average Bonchev–Trinajstić information content (AvgIpc) is 3.26. The molecule has 0 saturated heterocycles. The number of hydrogen-bond donors (Lipinski definition) is 3. The number of carboxylic acids is 1. The summed E-state index contributed by atoms with van der Waals surface area (Å²) in [6.07, 6.45) is 2.53. The second kappa shape index (κ2) is 10.4. The van der Waals surface area contributed by atoms with Crippen LogP contribution in [0.15, 0.2) is 71.6 Å². The lowest BCUT2D eigenvalue weighted by atomic mass is 9.70. The quantitative estimate of drug-likeness (QED) is 0.194. The second-order valence-corrected chi connectivity index (χ2v) is 12.5. The Kier molecular flexibility index (Phi) is 7.33. The van der Waals surface area contributed by atoms with Crippen LogP contribution in [0.2, 0.25) is 5.02 Å². The molecule has 5 nitrogen and oxygen atoms in total. The van der Waals surface area contributed by atoms with E-state index < -0.39 is 5.97 Å². The zero-order chi connectivity index (χ0) is 27.1. The molecule has 5 rings (SSSR count). The summed E-state index contributed by atoms with van der Waals surface area (Å²) in [5.41, 5.74) is 2.73. The number of benzene rings is 3. The second-order valence-electron chi connectivity index (χ2n) is 11.1. The fraction of sp³-hybridized carbons (Fsp3) is 0.355. The first-order chi connectivity index (χ1) is 18.1. The molecular formula is C31H32ClNO4S. The normalized spacial score (nSPS) is 23.4. The average molecular weight is 550 g/mol. The molecule has 2 aliphatic carbocycles. The Morgan fingerprint density at radius 3 is 2.32 bits per heavy atom. The number of halogens is 1. The summed E-state index contributed by atoms with van der Waals surface area (Å²) in [4.78, 5) is 26.0. The lowest BCUT2D eigenvalue weighted by Crippen LogP contribution is -2.40. The first-order valence-corrected chi connectivity index (χ1v) is 14.3. The molecule has 38 heavy (non-hydrogen) atoms. The zero-order valence-electron chi connectivity index (χ0n) is 21.5. The first kappa shape index (κ1) is 26.8. The minimum absolute atomic E-state index is 0.0224. The molecule has 0 radical (unpaired) electrons. The van der Waals surface area contributed by atoms with Gasteiger partial charge in [-0.05, 0) is 90.8 Å². The smallest absolute Gasteiger partial charge is 0.336 e. The van der Waals surface area contributed by atoms with Crippen molar-refractivity contribution in [3.8, 4) is 0 Å². The van der Waals surface area contributed by atoms with E-state index in [4.69, 9.17) is 11.6 Å². The van der Waals surface area contributed by atoms with Gasteiger partial charge in [0.25, 0.3) is 0 Å². The van der Waals surface area contributed by atoms with Crippen LogP contribution in [0.3, 0.4) is 0 Å². The number of carboxylic acid groups (broad SMARTS) is 1. The van der Waals surface area contributed by atoms with Crippen LogP contribution in [0.25, 0.3) is 0 Å². The van der Waals surface area contributed by atoms with Crippen molar-refractivity contribution in [1.82, 2.24) is 0 Å². The number of ketones is 1. The van der Waals surface area contributed by atoms with Crippen LogP contribution in [0.4, 0.5) is 5.69 Å². The highest BCUT2D eigenvalue weighted by Gasteiger charge is 2.63. The minimum Gasteiger partial charge on any atom is -0.478 e. The molecule has 2 fully saturated rings. The Morgan fingerprint density at radius 2 is 1.71 bits per heavy atom. The molecule has 3 atom stereocenters. The van der Waals surface area contributed by atoms with Crippen molar-refractivity contribution in [2.75, 3.05) is 11.1 Å². The van der Waals surface area contributed by atoms with Gasteiger partial charge in [-0.1, -0.05) is 37.6 Å². The largest absolute Gasteiger partial charge is 0.478 e.